The Kier molecular flexibility index (Phi) is 5.72. The van der Waals surface area contributed by atoms with E-state index in [-0.39, 0.29) is 12.1 Å². The lowest BCUT2D eigenvalue weighted by Crippen LogP contribution is -2.29. The molecule has 0 bridgehead atoms. The molecule has 3 nitrogen and oxygen atoms in total. The van der Waals surface area contributed by atoms with Crippen LogP contribution in [0.1, 0.15) is 26.7 Å². The predicted molar refractivity (Wildman–Crippen MR) is 49.0 cm³/mol. The summed E-state index contributed by atoms with van der Waals surface area (Å²) in [6.45, 7) is 4.36. The summed E-state index contributed by atoms with van der Waals surface area (Å²) in [4.78, 5) is 12.7. The third-order valence-corrected chi connectivity index (χ3v) is 1.51. The van der Waals surface area contributed by atoms with Crippen molar-refractivity contribution in [3.63, 3.8) is 0 Å². The van der Waals surface area contributed by atoms with Gasteiger partial charge in [-0.3, -0.25) is 4.79 Å². The first-order valence-corrected chi connectivity index (χ1v) is 4.38. The van der Waals surface area contributed by atoms with Crippen molar-refractivity contribution in [2.45, 2.75) is 32.8 Å². The molecule has 0 rings (SSSR count). The third kappa shape index (κ3) is 6.16. The number of nitrogens with zero attached hydrogens (tertiary/aromatic N) is 1. The molecule has 0 amide bonds. The lowest BCUT2D eigenvalue weighted by atomic mass is 10.2. The first-order chi connectivity index (χ1) is 5.56. The van der Waals surface area contributed by atoms with Gasteiger partial charge in [-0.15, -0.1) is 0 Å². The fourth-order valence-electron chi connectivity index (χ4n) is 1.15. The van der Waals surface area contributed by atoms with Crippen LogP contribution in [0.2, 0.25) is 0 Å². The van der Waals surface area contributed by atoms with E-state index in [1.165, 1.54) is 6.92 Å². The summed E-state index contributed by atoms with van der Waals surface area (Å²) >= 11 is 0. The van der Waals surface area contributed by atoms with E-state index in [1.54, 1.807) is 0 Å². The maximum Gasteiger partial charge on any atom is 0.302 e. The van der Waals surface area contributed by atoms with Crippen LogP contribution in [0.25, 0.3) is 0 Å². The van der Waals surface area contributed by atoms with E-state index in [2.05, 4.69) is 6.92 Å². The van der Waals surface area contributed by atoms with Gasteiger partial charge in [0.2, 0.25) is 0 Å². The van der Waals surface area contributed by atoms with E-state index in [1.807, 2.05) is 19.0 Å². The van der Waals surface area contributed by atoms with Crippen molar-refractivity contribution >= 4 is 5.97 Å². The molecule has 72 valence electrons. The molecular formula is C9H19NO2. The number of likely N-dealkylation sites (N-methyl/N-ethyl adjacent to an activating group) is 1. The van der Waals surface area contributed by atoms with Crippen LogP contribution in [-0.2, 0) is 9.53 Å². The van der Waals surface area contributed by atoms with Crippen LogP contribution in [0.5, 0.6) is 0 Å². The van der Waals surface area contributed by atoms with Gasteiger partial charge in [0.15, 0.2) is 0 Å². The average Bonchev–Trinajstić information content (AvgIpc) is 1.84. The molecule has 0 radical (unpaired) electrons. The smallest absolute Gasteiger partial charge is 0.302 e. The van der Waals surface area contributed by atoms with Crippen LogP contribution in [0, 0.1) is 0 Å². The van der Waals surface area contributed by atoms with Crippen molar-refractivity contribution in [3.8, 4) is 0 Å². The van der Waals surface area contributed by atoms with Crippen LogP contribution in [0.4, 0.5) is 0 Å². The van der Waals surface area contributed by atoms with Crippen LogP contribution in [-0.4, -0.2) is 37.6 Å². The second kappa shape index (κ2) is 6.00. The second-order valence-corrected chi connectivity index (χ2v) is 3.28. The van der Waals surface area contributed by atoms with E-state index in [4.69, 9.17) is 4.74 Å². The van der Waals surface area contributed by atoms with E-state index < -0.39 is 0 Å². The summed E-state index contributed by atoms with van der Waals surface area (Å²) in [7, 11) is 3.96. The van der Waals surface area contributed by atoms with Gasteiger partial charge < -0.3 is 9.64 Å². The minimum atomic E-state index is -0.185. The SMILES string of the molecule is CCCC(CN(C)C)OC(C)=O. The molecule has 0 aliphatic carbocycles. The molecule has 0 fully saturated rings. The monoisotopic (exact) mass is 173 g/mol. The van der Waals surface area contributed by atoms with E-state index in [0.717, 1.165) is 19.4 Å². The van der Waals surface area contributed by atoms with Crippen LogP contribution in [0.15, 0.2) is 0 Å². The zero-order chi connectivity index (χ0) is 9.56. The van der Waals surface area contributed by atoms with Gasteiger partial charge in [-0.25, -0.2) is 0 Å². The molecular weight excluding hydrogens is 154 g/mol. The van der Waals surface area contributed by atoms with Gasteiger partial charge in [0, 0.05) is 13.5 Å². The Balaban J connectivity index is 3.77. The number of esters is 1. The minimum absolute atomic E-state index is 0.0579. The molecule has 1 unspecified atom stereocenters. The van der Waals surface area contributed by atoms with Gasteiger partial charge in [0.25, 0.3) is 0 Å². The minimum Gasteiger partial charge on any atom is -0.461 e. The fourth-order valence-corrected chi connectivity index (χ4v) is 1.15. The quantitative estimate of drug-likeness (QED) is 0.586. The number of hydrogen-bond acceptors (Lipinski definition) is 3. The molecule has 0 aliphatic heterocycles. The highest BCUT2D eigenvalue weighted by Gasteiger charge is 2.11. The lowest BCUT2D eigenvalue weighted by Gasteiger charge is -2.19. The average molecular weight is 173 g/mol. The molecule has 3 heteroatoms. The molecule has 0 heterocycles. The summed E-state index contributed by atoms with van der Waals surface area (Å²) in [5.41, 5.74) is 0. The summed E-state index contributed by atoms with van der Waals surface area (Å²) < 4.78 is 5.12. The van der Waals surface area contributed by atoms with Gasteiger partial charge in [-0.05, 0) is 20.5 Å². The van der Waals surface area contributed by atoms with Crippen molar-refractivity contribution in [1.82, 2.24) is 4.90 Å². The Morgan fingerprint density at radius 1 is 1.50 bits per heavy atom. The summed E-state index contributed by atoms with van der Waals surface area (Å²) in [6.07, 6.45) is 2.05. The standard InChI is InChI=1S/C9H19NO2/c1-5-6-9(7-10(3)4)12-8(2)11/h9H,5-7H2,1-4H3. The lowest BCUT2D eigenvalue weighted by molar-refractivity contribution is -0.147. The maximum atomic E-state index is 10.7. The van der Waals surface area contributed by atoms with E-state index in [9.17, 15) is 4.79 Å². The van der Waals surface area contributed by atoms with E-state index in [0.29, 0.717) is 0 Å². The zero-order valence-corrected chi connectivity index (χ0v) is 8.46. The van der Waals surface area contributed by atoms with Gasteiger partial charge in [0.1, 0.15) is 6.10 Å². The van der Waals surface area contributed by atoms with Gasteiger partial charge in [0.05, 0.1) is 0 Å². The molecule has 12 heavy (non-hydrogen) atoms. The predicted octanol–water partition coefficient (Wildman–Crippen LogP) is 1.28. The molecule has 0 saturated carbocycles. The first kappa shape index (κ1) is 11.4. The Bertz CT molecular complexity index is 134. The molecule has 0 aromatic rings. The molecule has 0 spiro atoms. The second-order valence-electron chi connectivity index (χ2n) is 3.28. The Labute approximate surface area is 74.7 Å². The number of carbonyl (C=O) groups is 1. The highest BCUT2D eigenvalue weighted by molar-refractivity contribution is 5.66. The normalized spacial score (nSPS) is 13.1. The fraction of sp³-hybridized carbons (Fsp3) is 0.889. The van der Waals surface area contributed by atoms with Crippen molar-refractivity contribution < 1.29 is 9.53 Å². The van der Waals surface area contributed by atoms with Crippen molar-refractivity contribution in [2.24, 2.45) is 0 Å². The number of ether oxygens (including phenoxy) is 1. The van der Waals surface area contributed by atoms with Crippen LogP contribution >= 0.6 is 0 Å². The van der Waals surface area contributed by atoms with E-state index >= 15 is 0 Å². The summed E-state index contributed by atoms with van der Waals surface area (Å²) in [6, 6.07) is 0. The molecule has 0 aliphatic rings. The molecule has 0 N–H and O–H groups in total. The Morgan fingerprint density at radius 3 is 2.42 bits per heavy atom. The topological polar surface area (TPSA) is 29.5 Å². The van der Waals surface area contributed by atoms with Crippen molar-refractivity contribution in [1.29, 1.82) is 0 Å². The van der Waals surface area contributed by atoms with Crippen LogP contribution in [0.3, 0.4) is 0 Å². The Morgan fingerprint density at radius 2 is 2.08 bits per heavy atom. The van der Waals surface area contributed by atoms with Gasteiger partial charge >= 0.3 is 5.97 Å². The molecule has 1 atom stereocenters. The zero-order valence-electron chi connectivity index (χ0n) is 8.46. The molecule has 0 aromatic carbocycles. The van der Waals surface area contributed by atoms with Crippen molar-refractivity contribution in [2.75, 3.05) is 20.6 Å². The highest BCUT2D eigenvalue weighted by atomic mass is 16.5. The number of carbonyl (C=O) groups excluding carboxylic acids is 1. The van der Waals surface area contributed by atoms with Crippen LogP contribution < -0.4 is 0 Å². The largest absolute Gasteiger partial charge is 0.461 e. The first-order valence-electron chi connectivity index (χ1n) is 4.38. The van der Waals surface area contributed by atoms with Gasteiger partial charge in [-0.2, -0.15) is 0 Å². The summed E-state index contributed by atoms with van der Waals surface area (Å²) in [5.74, 6) is -0.185. The summed E-state index contributed by atoms with van der Waals surface area (Å²) in [5, 5.41) is 0. The van der Waals surface area contributed by atoms with Gasteiger partial charge in [-0.1, -0.05) is 13.3 Å². The molecule has 0 saturated heterocycles. The van der Waals surface area contributed by atoms with Crippen molar-refractivity contribution in [3.05, 3.63) is 0 Å². The molecule has 0 aromatic heterocycles. The Hall–Kier alpha value is -0.570. The highest BCUT2D eigenvalue weighted by Crippen LogP contribution is 2.03. The third-order valence-electron chi connectivity index (χ3n) is 1.51. The maximum absolute atomic E-state index is 10.7. The number of hydrogen-bond donors (Lipinski definition) is 0. The number of rotatable bonds is 5.